The molecule has 0 saturated heterocycles. The largest absolute Gasteiger partial charge is 0.459 e. The second-order valence-corrected chi connectivity index (χ2v) is 5.28. The summed E-state index contributed by atoms with van der Waals surface area (Å²) >= 11 is 0. The van der Waals surface area contributed by atoms with Crippen molar-refractivity contribution in [2.45, 2.75) is 59.1 Å². The van der Waals surface area contributed by atoms with Crippen LogP contribution in [0.15, 0.2) is 28.3 Å². The van der Waals surface area contributed by atoms with Crippen molar-refractivity contribution in [2.75, 3.05) is 0 Å². The van der Waals surface area contributed by atoms with E-state index in [9.17, 15) is 4.79 Å². The van der Waals surface area contributed by atoms with E-state index in [0.717, 1.165) is 18.4 Å². The van der Waals surface area contributed by atoms with Gasteiger partial charge < -0.3 is 10.5 Å². The number of nitrogens with zero attached hydrogens (tertiary/aromatic N) is 1. The molecule has 2 N–H and O–H groups in total. The van der Waals surface area contributed by atoms with Crippen LogP contribution < -0.4 is 5.73 Å². The Labute approximate surface area is 115 Å². The highest BCUT2D eigenvalue weighted by Gasteiger charge is 2.25. The minimum atomic E-state index is -0.456. The van der Waals surface area contributed by atoms with E-state index in [0.29, 0.717) is 11.4 Å². The Kier molecular flexibility index (Phi) is 4.92. The van der Waals surface area contributed by atoms with Gasteiger partial charge in [0.05, 0.1) is 17.2 Å². The van der Waals surface area contributed by atoms with E-state index in [1.165, 1.54) is 0 Å². The molecular weight excluding hydrogens is 240 g/mol. The molecule has 0 radical (unpaired) electrons. The molecule has 0 bridgehead atoms. The van der Waals surface area contributed by atoms with Gasteiger partial charge in [0.1, 0.15) is 5.84 Å². The molecule has 0 aromatic carbocycles. The Bertz CT molecular complexity index is 447. The average Bonchev–Trinajstić information content (AvgIpc) is 2.45. The summed E-state index contributed by atoms with van der Waals surface area (Å²) in [5.41, 5.74) is 6.96. The summed E-state index contributed by atoms with van der Waals surface area (Å²) in [6.45, 7) is 9.66. The Balaban J connectivity index is 3.20. The SMILES string of the molecule is CCC1=CC(C(=O)OC(C)C)=CC(C)(CC)N=C1N. The monoisotopic (exact) mass is 264 g/mol. The van der Waals surface area contributed by atoms with Gasteiger partial charge in [-0.15, -0.1) is 0 Å². The molecule has 1 heterocycles. The molecule has 0 saturated carbocycles. The molecule has 106 valence electrons. The van der Waals surface area contributed by atoms with Crippen molar-refractivity contribution in [1.82, 2.24) is 0 Å². The number of nitrogens with two attached hydrogens (primary N) is 1. The summed E-state index contributed by atoms with van der Waals surface area (Å²) in [6.07, 6.45) is 5.03. The number of esters is 1. The maximum absolute atomic E-state index is 12.1. The molecule has 0 amide bonds. The standard InChI is InChI=1S/C15H24N2O2/c1-6-11-8-12(14(18)19-10(3)4)9-15(5,7-2)17-13(11)16/h8-10H,6-7H2,1-5H3,(H2,16,17). The zero-order chi connectivity index (χ0) is 14.6. The predicted octanol–water partition coefficient (Wildman–Crippen LogP) is 2.74. The van der Waals surface area contributed by atoms with Gasteiger partial charge >= 0.3 is 5.97 Å². The highest BCUT2D eigenvalue weighted by atomic mass is 16.5. The topological polar surface area (TPSA) is 64.7 Å². The van der Waals surface area contributed by atoms with E-state index in [2.05, 4.69) is 4.99 Å². The van der Waals surface area contributed by atoms with Crippen LogP contribution in [0.5, 0.6) is 0 Å². The van der Waals surface area contributed by atoms with Gasteiger partial charge in [-0.25, -0.2) is 4.79 Å². The van der Waals surface area contributed by atoms with Crippen LogP contribution in [-0.2, 0) is 9.53 Å². The zero-order valence-electron chi connectivity index (χ0n) is 12.5. The minimum absolute atomic E-state index is 0.138. The van der Waals surface area contributed by atoms with Crippen molar-refractivity contribution in [1.29, 1.82) is 0 Å². The number of aliphatic imine (C=N–C) groups is 1. The maximum atomic E-state index is 12.1. The summed E-state index contributed by atoms with van der Waals surface area (Å²) in [7, 11) is 0. The van der Waals surface area contributed by atoms with Gasteiger partial charge in [0.2, 0.25) is 0 Å². The number of amidine groups is 1. The first kappa shape index (κ1) is 15.5. The van der Waals surface area contributed by atoms with Crippen LogP contribution in [-0.4, -0.2) is 23.4 Å². The first-order valence-corrected chi connectivity index (χ1v) is 6.81. The normalized spacial score (nSPS) is 23.4. The summed E-state index contributed by atoms with van der Waals surface area (Å²) in [6, 6.07) is 0. The molecular formula is C15H24N2O2. The van der Waals surface area contributed by atoms with Crippen LogP contribution in [0.3, 0.4) is 0 Å². The lowest BCUT2D eigenvalue weighted by atomic mass is 9.96. The first-order chi connectivity index (χ1) is 8.81. The van der Waals surface area contributed by atoms with E-state index >= 15 is 0 Å². The molecule has 0 aliphatic carbocycles. The highest BCUT2D eigenvalue weighted by molar-refractivity contribution is 6.02. The number of carbonyl (C=O) groups is 1. The molecule has 4 nitrogen and oxygen atoms in total. The lowest BCUT2D eigenvalue weighted by molar-refractivity contribution is -0.142. The number of hydrogen-bond acceptors (Lipinski definition) is 4. The molecule has 1 unspecified atom stereocenters. The number of carbonyl (C=O) groups excluding carboxylic acids is 1. The smallest absolute Gasteiger partial charge is 0.338 e. The summed E-state index contributed by atoms with van der Waals surface area (Å²) < 4.78 is 5.27. The Hall–Kier alpha value is -1.58. The maximum Gasteiger partial charge on any atom is 0.338 e. The molecule has 1 rings (SSSR count). The van der Waals surface area contributed by atoms with Crippen molar-refractivity contribution in [3.8, 4) is 0 Å². The van der Waals surface area contributed by atoms with E-state index in [1.807, 2.05) is 40.7 Å². The molecule has 0 fully saturated rings. The van der Waals surface area contributed by atoms with Gasteiger partial charge in [-0.3, -0.25) is 4.99 Å². The quantitative estimate of drug-likeness (QED) is 0.794. The number of hydrogen-bond donors (Lipinski definition) is 1. The van der Waals surface area contributed by atoms with Crippen molar-refractivity contribution in [3.63, 3.8) is 0 Å². The van der Waals surface area contributed by atoms with Crippen LogP contribution in [0.25, 0.3) is 0 Å². The summed E-state index contributed by atoms with van der Waals surface area (Å²) in [4.78, 5) is 16.6. The first-order valence-electron chi connectivity index (χ1n) is 6.81. The molecule has 0 aromatic heterocycles. The van der Waals surface area contributed by atoms with E-state index in [1.54, 1.807) is 6.08 Å². The predicted molar refractivity (Wildman–Crippen MR) is 78.0 cm³/mol. The Morgan fingerprint density at radius 2 is 2.11 bits per heavy atom. The van der Waals surface area contributed by atoms with Crippen LogP contribution in [0.1, 0.15) is 47.5 Å². The van der Waals surface area contributed by atoms with Gasteiger partial charge in [-0.1, -0.05) is 13.8 Å². The van der Waals surface area contributed by atoms with Crippen molar-refractivity contribution >= 4 is 11.8 Å². The van der Waals surface area contributed by atoms with Gasteiger partial charge in [-0.05, 0) is 51.3 Å². The van der Waals surface area contributed by atoms with Gasteiger partial charge in [0, 0.05) is 0 Å². The fourth-order valence-electron chi connectivity index (χ4n) is 1.88. The molecule has 1 aliphatic heterocycles. The molecule has 4 heteroatoms. The highest BCUT2D eigenvalue weighted by Crippen LogP contribution is 2.25. The Morgan fingerprint density at radius 3 is 2.58 bits per heavy atom. The second-order valence-electron chi connectivity index (χ2n) is 5.28. The summed E-state index contributed by atoms with van der Waals surface area (Å²) in [5.74, 6) is 0.195. The van der Waals surface area contributed by atoms with Gasteiger partial charge in [-0.2, -0.15) is 0 Å². The van der Waals surface area contributed by atoms with E-state index in [-0.39, 0.29) is 12.1 Å². The third kappa shape index (κ3) is 3.94. The molecule has 1 atom stereocenters. The number of ether oxygens (including phenoxy) is 1. The van der Waals surface area contributed by atoms with Gasteiger partial charge in [0.25, 0.3) is 0 Å². The Morgan fingerprint density at radius 1 is 1.47 bits per heavy atom. The average molecular weight is 264 g/mol. The second kappa shape index (κ2) is 6.04. The fraction of sp³-hybridized carbons (Fsp3) is 0.600. The van der Waals surface area contributed by atoms with Crippen molar-refractivity contribution < 1.29 is 9.53 Å². The van der Waals surface area contributed by atoms with Crippen molar-refractivity contribution in [2.24, 2.45) is 10.7 Å². The fourth-order valence-corrected chi connectivity index (χ4v) is 1.88. The third-order valence-corrected chi connectivity index (χ3v) is 3.18. The van der Waals surface area contributed by atoms with E-state index < -0.39 is 5.54 Å². The molecule has 1 aliphatic rings. The van der Waals surface area contributed by atoms with Crippen LogP contribution in [0.2, 0.25) is 0 Å². The molecule has 19 heavy (non-hydrogen) atoms. The van der Waals surface area contributed by atoms with Gasteiger partial charge in [0.15, 0.2) is 0 Å². The van der Waals surface area contributed by atoms with Crippen molar-refractivity contribution in [3.05, 3.63) is 23.3 Å². The minimum Gasteiger partial charge on any atom is -0.459 e. The summed E-state index contributed by atoms with van der Waals surface area (Å²) in [5, 5.41) is 0. The molecule has 0 spiro atoms. The molecule has 0 aromatic rings. The van der Waals surface area contributed by atoms with E-state index in [4.69, 9.17) is 10.5 Å². The third-order valence-electron chi connectivity index (χ3n) is 3.18. The lowest BCUT2D eigenvalue weighted by Crippen LogP contribution is -2.24. The van der Waals surface area contributed by atoms with Crippen LogP contribution in [0.4, 0.5) is 0 Å². The zero-order valence-corrected chi connectivity index (χ0v) is 12.5. The van der Waals surface area contributed by atoms with Crippen LogP contribution in [0, 0.1) is 0 Å². The lowest BCUT2D eigenvalue weighted by Gasteiger charge is -2.20. The number of rotatable bonds is 4. The van der Waals surface area contributed by atoms with Crippen LogP contribution >= 0.6 is 0 Å².